The fourth-order valence-corrected chi connectivity index (χ4v) is 6.68. The van der Waals surface area contributed by atoms with Crippen molar-refractivity contribution in [1.82, 2.24) is 14.7 Å². The van der Waals surface area contributed by atoms with Gasteiger partial charge in [0.05, 0.1) is 4.90 Å². The highest BCUT2D eigenvalue weighted by molar-refractivity contribution is 7.90. The van der Waals surface area contributed by atoms with Crippen LogP contribution in [0.15, 0.2) is 47.4 Å². The lowest BCUT2D eigenvalue weighted by molar-refractivity contribution is 0.102. The second-order valence-corrected chi connectivity index (χ2v) is 13.1. The number of likely N-dealkylation sites (tertiary alicyclic amines) is 1. The number of benzene rings is 2. The molecule has 1 atom stereocenters. The van der Waals surface area contributed by atoms with E-state index in [1.54, 1.807) is 12.1 Å². The molecule has 8 nitrogen and oxygen atoms in total. The van der Waals surface area contributed by atoms with Gasteiger partial charge in [-0.3, -0.25) is 4.79 Å². The number of piperidine rings is 1. The third-order valence-corrected chi connectivity index (χ3v) is 9.67. The lowest BCUT2D eigenvalue weighted by Crippen LogP contribution is -2.49. The topological polar surface area (TPSA) is 90.0 Å². The summed E-state index contributed by atoms with van der Waals surface area (Å²) in [6.07, 6.45) is 6.35. The summed E-state index contributed by atoms with van der Waals surface area (Å²) < 4.78 is 23.4. The van der Waals surface area contributed by atoms with E-state index in [1.807, 2.05) is 29.7 Å². The van der Waals surface area contributed by atoms with E-state index in [9.17, 15) is 18.0 Å². The molecule has 40 heavy (non-hydrogen) atoms. The standard InChI is InChI=1S/C31H44N4O4S/c1-5-33(6-2)31(37)35-18-16-23(17-19-35)22-34(7-3)28-13-9-24-8-12-27(20-26(24)21-28)32-30(36)25-10-14-29(15-11-25)40(4,38)39/h8,10-12,14-15,20,23,28H,5-7,9,13,16-19,21-22H2,1-4H3,(H,32,36). The second-order valence-electron chi connectivity index (χ2n) is 11.1. The highest BCUT2D eigenvalue weighted by Gasteiger charge is 2.29. The Morgan fingerprint density at radius 2 is 1.60 bits per heavy atom. The third-order valence-electron chi connectivity index (χ3n) is 8.55. The Bertz CT molecular complexity index is 1280. The molecule has 1 N–H and O–H groups in total. The van der Waals surface area contributed by atoms with Crippen LogP contribution in [0.4, 0.5) is 10.5 Å². The van der Waals surface area contributed by atoms with Gasteiger partial charge in [0.25, 0.3) is 5.91 Å². The Kier molecular flexibility index (Phi) is 9.90. The van der Waals surface area contributed by atoms with Crippen molar-refractivity contribution in [2.45, 2.75) is 63.8 Å². The molecule has 1 heterocycles. The molecule has 0 saturated carbocycles. The van der Waals surface area contributed by atoms with Gasteiger partial charge in [-0.1, -0.05) is 13.0 Å². The van der Waals surface area contributed by atoms with Crippen molar-refractivity contribution in [2.24, 2.45) is 5.92 Å². The number of amides is 3. The van der Waals surface area contributed by atoms with Crippen LogP contribution < -0.4 is 5.32 Å². The fraction of sp³-hybridized carbons (Fsp3) is 0.548. The lowest BCUT2D eigenvalue weighted by atomic mass is 9.86. The van der Waals surface area contributed by atoms with Crippen LogP contribution in [0.1, 0.15) is 61.5 Å². The fourth-order valence-electron chi connectivity index (χ4n) is 6.05. The second kappa shape index (κ2) is 13.2. The van der Waals surface area contributed by atoms with Crippen molar-refractivity contribution in [3.8, 4) is 0 Å². The largest absolute Gasteiger partial charge is 0.325 e. The number of aryl methyl sites for hydroxylation is 1. The molecule has 2 aromatic rings. The SMILES string of the molecule is CCN(CC)C(=O)N1CCC(CN(CC)C2CCc3ccc(NC(=O)c4ccc(S(C)(=O)=O)cc4)cc3C2)CC1. The first-order valence-corrected chi connectivity index (χ1v) is 16.5. The third kappa shape index (κ3) is 7.23. The Balaban J connectivity index is 1.34. The highest BCUT2D eigenvalue weighted by Crippen LogP contribution is 2.29. The Morgan fingerprint density at radius 1 is 0.925 bits per heavy atom. The van der Waals surface area contributed by atoms with Crippen LogP contribution in [0.2, 0.25) is 0 Å². The summed E-state index contributed by atoms with van der Waals surface area (Å²) in [7, 11) is -3.30. The van der Waals surface area contributed by atoms with Gasteiger partial charge in [-0.2, -0.15) is 0 Å². The van der Waals surface area contributed by atoms with Crippen LogP contribution in [-0.4, -0.2) is 86.6 Å². The number of fused-ring (bicyclic) bond motifs is 1. The molecule has 0 bridgehead atoms. The molecule has 2 aromatic carbocycles. The zero-order chi connectivity index (χ0) is 28.9. The molecule has 1 aliphatic carbocycles. The molecule has 1 fully saturated rings. The molecule has 0 aromatic heterocycles. The number of carbonyl (C=O) groups is 2. The molecule has 1 unspecified atom stereocenters. The van der Waals surface area contributed by atoms with Crippen LogP contribution in [0.5, 0.6) is 0 Å². The van der Waals surface area contributed by atoms with E-state index in [0.29, 0.717) is 17.5 Å². The van der Waals surface area contributed by atoms with Gasteiger partial charge in [-0.15, -0.1) is 0 Å². The normalized spacial score (nSPS) is 17.9. The maximum absolute atomic E-state index is 12.8. The highest BCUT2D eigenvalue weighted by atomic mass is 32.2. The van der Waals surface area contributed by atoms with Crippen LogP contribution >= 0.6 is 0 Å². The summed E-state index contributed by atoms with van der Waals surface area (Å²) in [5.74, 6) is 0.343. The monoisotopic (exact) mass is 568 g/mol. The Hall–Kier alpha value is -2.91. The summed E-state index contributed by atoms with van der Waals surface area (Å²) in [4.78, 5) is 32.3. The molecule has 1 saturated heterocycles. The van der Waals surface area contributed by atoms with Crippen molar-refractivity contribution >= 4 is 27.5 Å². The van der Waals surface area contributed by atoms with E-state index < -0.39 is 9.84 Å². The van der Waals surface area contributed by atoms with E-state index >= 15 is 0 Å². The van der Waals surface area contributed by atoms with Crippen LogP contribution in [0, 0.1) is 5.92 Å². The quantitative estimate of drug-likeness (QED) is 0.474. The van der Waals surface area contributed by atoms with Crippen LogP contribution in [0.3, 0.4) is 0 Å². The summed E-state index contributed by atoms with van der Waals surface area (Å²) in [5, 5.41) is 2.98. The van der Waals surface area contributed by atoms with Gasteiger partial charge in [0.2, 0.25) is 0 Å². The van der Waals surface area contributed by atoms with Gasteiger partial charge >= 0.3 is 6.03 Å². The van der Waals surface area contributed by atoms with Crippen molar-refractivity contribution in [3.63, 3.8) is 0 Å². The number of rotatable bonds is 9. The van der Waals surface area contributed by atoms with Gasteiger partial charge in [0.15, 0.2) is 9.84 Å². The average Bonchev–Trinajstić information content (AvgIpc) is 2.96. The van der Waals surface area contributed by atoms with Crippen molar-refractivity contribution in [3.05, 3.63) is 59.2 Å². The molecule has 0 spiro atoms. The molecule has 1 aliphatic heterocycles. The van der Waals surface area contributed by atoms with Gasteiger partial charge in [0.1, 0.15) is 0 Å². The molecule has 2 aliphatic rings. The van der Waals surface area contributed by atoms with E-state index in [4.69, 9.17) is 0 Å². The molecule has 0 radical (unpaired) electrons. The number of hydrogen-bond acceptors (Lipinski definition) is 5. The predicted molar refractivity (Wildman–Crippen MR) is 160 cm³/mol. The zero-order valence-corrected chi connectivity index (χ0v) is 25.2. The number of nitrogens with zero attached hydrogens (tertiary/aromatic N) is 3. The summed E-state index contributed by atoms with van der Waals surface area (Å²) >= 11 is 0. The number of anilines is 1. The van der Waals surface area contributed by atoms with Crippen molar-refractivity contribution in [2.75, 3.05) is 50.8 Å². The van der Waals surface area contributed by atoms with E-state index in [-0.39, 0.29) is 16.8 Å². The van der Waals surface area contributed by atoms with Crippen LogP contribution in [0.25, 0.3) is 0 Å². The van der Waals surface area contributed by atoms with Crippen molar-refractivity contribution in [1.29, 1.82) is 0 Å². The first kappa shape index (κ1) is 30.1. The minimum absolute atomic E-state index is 0.175. The van der Waals surface area contributed by atoms with E-state index in [0.717, 1.165) is 83.3 Å². The average molecular weight is 569 g/mol. The predicted octanol–water partition coefficient (Wildman–Crippen LogP) is 4.70. The number of likely N-dealkylation sites (N-methyl/N-ethyl adjacent to an activating group) is 1. The van der Waals surface area contributed by atoms with Gasteiger partial charge in [-0.05, 0) is 106 Å². The smallest absolute Gasteiger partial charge is 0.319 e. The maximum atomic E-state index is 12.8. The molecular formula is C31H44N4O4S. The van der Waals surface area contributed by atoms with Crippen molar-refractivity contribution < 1.29 is 18.0 Å². The minimum Gasteiger partial charge on any atom is -0.325 e. The summed E-state index contributed by atoms with van der Waals surface area (Å²) in [6.45, 7) is 11.6. The molecule has 3 amide bonds. The first-order chi connectivity index (χ1) is 19.1. The van der Waals surface area contributed by atoms with Gasteiger partial charge in [-0.25, -0.2) is 13.2 Å². The molecular weight excluding hydrogens is 524 g/mol. The number of carbonyl (C=O) groups excluding carboxylic acids is 2. The summed E-state index contributed by atoms with van der Waals surface area (Å²) in [5.41, 5.74) is 3.79. The van der Waals surface area contributed by atoms with Gasteiger partial charge < -0.3 is 20.0 Å². The first-order valence-electron chi connectivity index (χ1n) is 14.6. The van der Waals surface area contributed by atoms with E-state index in [1.165, 1.54) is 23.3 Å². The molecule has 9 heteroatoms. The maximum Gasteiger partial charge on any atom is 0.319 e. The number of hydrogen-bond donors (Lipinski definition) is 1. The number of urea groups is 1. The van der Waals surface area contributed by atoms with Gasteiger partial charge in [0, 0.05) is 56.3 Å². The van der Waals surface area contributed by atoms with E-state index in [2.05, 4.69) is 29.3 Å². The Labute approximate surface area is 239 Å². The summed E-state index contributed by atoms with van der Waals surface area (Å²) in [6, 6.07) is 12.8. The Morgan fingerprint density at radius 3 is 2.20 bits per heavy atom. The zero-order valence-electron chi connectivity index (χ0n) is 24.4. The van der Waals surface area contributed by atoms with Crippen LogP contribution in [-0.2, 0) is 22.7 Å². The number of sulfone groups is 1. The minimum atomic E-state index is -3.30. The lowest BCUT2D eigenvalue weighted by Gasteiger charge is -2.40. The number of nitrogens with one attached hydrogen (secondary N) is 1. The molecule has 4 rings (SSSR count). The molecule has 218 valence electrons.